The van der Waals surface area contributed by atoms with Crippen LogP contribution >= 0.6 is 0 Å². The number of benzene rings is 2. The summed E-state index contributed by atoms with van der Waals surface area (Å²) in [6.07, 6.45) is 0.201. The van der Waals surface area contributed by atoms with Gasteiger partial charge in [-0.05, 0) is 37.9 Å². The Bertz CT molecular complexity index is 820. The molecule has 150 valence electrons. The van der Waals surface area contributed by atoms with Crippen molar-refractivity contribution in [3.8, 4) is 23.0 Å². The molecule has 0 aromatic heterocycles. The normalized spacial score (nSPS) is 13.4. The number of ether oxygens (including phenoxy) is 3. The Morgan fingerprint density at radius 1 is 1.21 bits per heavy atom. The fourth-order valence-corrected chi connectivity index (χ4v) is 3.15. The third kappa shape index (κ3) is 4.67. The van der Waals surface area contributed by atoms with Gasteiger partial charge < -0.3 is 29.5 Å². The van der Waals surface area contributed by atoms with Crippen LogP contribution in [0.5, 0.6) is 23.0 Å². The highest BCUT2D eigenvalue weighted by Crippen LogP contribution is 2.43. The number of likely N-dealkylation sites (N-methyl/N-ethyl adjacent to an activating group) is 1. The number of phenolic OH excluding ortho intramolecular Hbond substituents is 1. The predicted octanol–water partition coefficient (Wildman–Crippen LogP) is 2.33. The number of nitrogens with one attached hydrogen (secondary N) is 1. The van der Waals surface area contributed by atoms with Crippen LogP contribution in [0.25, 0.3) is 0 Å². The molecule has 0 fully saturated rings. The SMILES string of the molecule is COc1ccc(C(CC(=O)NCCN(C)C)c2cc3c(cc2O)OCO3)cc1. The molecule has 1 atom stereocenters. The summed E-state index contributed by atoms with van der Waals surface area (Å²) in [5, 5.41) is 13.5. The maximum absolute atomic E-state index is 12.6. The van der Waals surface area contributed by atoms with Gasteiger partial charge in [0.05, 0.1) is 7.11 Å². The molecule has 3 rings (SSSR count). The molecule has 0 bridgehead atoms. The van der Waals surface area contributed by atoms with Crippen LogP contribution in [0.4, 0.5) is 0 Å². The van der Waals surface area contributed by atoms with Crippen LogP contribution in [0, 0.1) is 0 Å². The number of hydrogen-bond acceptors (Lipinski definition) is 6. The molecule has 1 aliphatic rings. The van der Waals surface area contributed by atoms with Crippen LogP contribution in [0.15, 0.2) is 36.4 Å². The van der Waals surface area contributed by atoms with E-state index in [4.69, 9.17) is 14.2 Å². The first-order valence-electron chi connectivity index (χ1n) is 9.16. The first-order chi connectivity index (χ1) is 13.5. The number of carbonyl (C=O) groups is 1. The Morgan fingerprint density at radius 2 is 1.89 bits per heavy atom. The minimum absolute atomic E-state index is 0.0751. The summed E-state index contributed by atoms with van der Waals surface area (Å²) in [6.45, 7) is 1.44. The van der Waals surface area contributed by atoms with Gasteiger partial charge in [0.15, 0.2) is 11.5 Å². The van der Waals surface area contributed by atoms with Gasteiger partial charge in [0, 0.05) is 37.1 Å². The number of rotatable bonds is 8. The molecule has 0 saturated heterocycles. The molecule has 0 saturated carbocycles. The van der Waals surface area contributed by atoms with Gasteiger partial charge in [0.2, 0.25) is 12.7 Å². The maximum atomic E-state index is 12.6. The lowest BCUT2D eigenvalue weighted by atomic mass is 9.87. The van der Waals surface area contributed by atoms with E-state index in [1.165, 1.54) is 6.07 Å². The van der Waals surface area contributed by atoms with E-state index < -0.39 is 0 Å². The second-order valence-electron chi connectivity index (χ2n) is 6.95. The van der Waals surface area contributed by atoms with Gasteiger partial charge in [-0.1, -0.05) is 12.1 Å². The zero-order valence-electron chi connectivity index (χ0n) is 16.4. The lowest BCUT2D eigenvalue weighted by Crippen LogP contribution is -2.32. The summed E-state index contributed by atoms with van der Waals surface area (Å²) in [5.41, 5.74) is 1.52. The highest BCUT2D eigenvalue weighted by Gasteiger charge is 2.25. The standard InChI is InChI=1S/C21H26N2O5/c1-23(2)9-8-22-21(25)11-16(14-4-6-15(26-3)7-5-14)17-10-19-20(12-18(17)24)28-13-27-19/h4-7,10,12,16,24H,8-9,11,13H2,1-3H3,(H,22,25). The van der Waals surface area contributed by atoms with E-state index >= 15 is 0 Å². The van der Waals surface area contributed by atoms with Crippen LogP contribution in [0.2, 0.25) is 0 Å². The number of nitrogens with zero attached hydrogens (tertiary/aromatic N) is 1. The topological polar surface area (TPSA) is 80.3 Å². The van der Waals surface area contributed by atoms with Crippen LogP contribution < -0.4 is 19.5 Å². The van der Waals surface area contributed by atoms with Gasteiger partial charge in [-0.25, -0.2) is 0 Å². The van der Waals surface area contributed by atoms with Crippen molar-refractivity contribution in [2.24, 2.45) is 0 Å². The average Bonchev–Trinajstić information content (AvgIpc) is 3.12. The monoisotopic (exact) mass is 386 g/mol. The molecule has 2 aromatic rings. The zero-order valence-corrected chi connectivity index (χ0v) is 16.4. The Morgan fingerprint density at radius 3 is 2.54 bits per heavy atom. The van der Waals surface area contributed by atoms with E-state index in [2.05, 4.69) is 5.32 Å². The third-order valence-electron chi connectivity index (χ3n) is 4.69. The summed E-state index contributed by atoms with van der Waals surface area (Å²) < 4.78 is 16.0. The second-order valence-corrected chi connectivity index (χ2v) is 6.95. The van der Waals surface area contributed by atoms with Gasteiger partial charge in [-0.3, -0.25) is 4.79 Å². The summed E-state index contributed by atoms with van der Waals surface area (Å²) in [5.74, 6) is 1.46. The lowest BCUT2D eigenvalue weighted by molar-refractivity contribution is -0.121. The Labute approximate surface area is 164 Å². The number of hydrogen-bond donors (Lipinski definition) is 2. The van der Waals surface area contributed by atoms with Crippen molar-refractivity contribution in [3.05, 3.63) is 47.5 Å². The molecule has 7 heteroatoms. The first kappa shape index (κ1) is 19.8. The van der Waals surface area contributed by atoms with Gasteiger partial charge in [0.1, 0.15) is 11.5 Å². The first-order valence-corrected chi connectivity index (χ1v) is 9.16. The molecule has 0 aliphatic carbocycles. The molecular formula is C21H26N2O5. The van der Waals surface area contributed by atoms with Gasteiger partial charge >= 0.3 is 0 Å². The van der Waals surface area contributed by atoms with E-state index in [-0.39, 0.29) is 30.8 Å². The Kier molecular flexibility index (Phi) is 6.26. The lowest BCUT2D eigenvalue weighted by Gasteiger charge is -2.20. The molecule has 1 heterocycles. The van der Waals surface area contributed by atoms with E-state index in [1.807, 2.05) is 43.3 Å². The number of carbonyl (C=O) groups excluding carboxylic acids is 1. The maximum Gasteiger partial charge on any atom is 0.231 e. The van der Waals surface area contributed by atoms with Crippen molar-refractivity contribution < 1.29 is 24.1 Å². The number of amides is 1. The highest BCUT2D eigenvalue weighted by atomic mass is 16.7. The third-order valence-corrected chi connectivity index (χ3v) is 4.69. The highest BCUT2D eigenvalue weighted by molar-refractivity contribution is 5.78. The molecule has 0 radical (unpaired) electrons. The minimum Gasteiger partial charge on any atom is -0.508 e. The zero-order chi connectivity index (χ0) is 20.1. The van der Waals surface area contributed by atoms with Gasteiger partial charge in [-0.2, -0.15) is 0 Å². The van der Waals surface area contributed by atoms with Crippen molar-refractivity contribution in [1.29, 1.82) is 0 Å². The molecule has 1 amide bonds. The molecule has 0 spiro atoms. The van der Waals surface area contributed by atoms with Crippen LogP contribution in [-0.2, 0) is 4.79 Å². The minimum atomic E-state index is -0.334. The van der Waals surface area contributed by atoms with Gasteiger partial charge in [0.25, 0.3) is 0 Å². The fraction of sp³-hybridized carbons (Fsp3) is 0.381. The summed E-state index contributed by atoms with van der Waals surface area (Å²) in [4.78, 5) is 14.6. The Hall–Kier alpha value is -2.93. The molecule has 2 aromatic carbocycles. The predicted molar refractivity (Wildman–Crippen MR) is 105 cm³/mol. The van der Waals surface area contributed by atoms with E-state index in [0.29, 0.717) is 23.6 Å². The largest absolute Gasteiger partial charge is 0.508 e. The van der Waals surface area contributed by atoms with Crippen molar-refractivity contribution in [2.75, 3.05) is 41.1 Å². The molecule has 1 aliphatic heterocycles. The van der Waals surface area contributed by atoms with E-state index in [9.17, 15) is 9.90 Å². The molecule has 1 unspecified atom stereocenters. The van der Waals surface area contributed by atoms with Crippen molar-refractivity contribution in [3.63, 3.8) is 0 Å². The number of methoxy groups -OCH3 is 1. The number of phenols is 1. The van der Waals surface area contributed by atoms with Crippen molar-refractivity contribution in [2.45, 2.75) is 12.3 Å². The van der Waals surface area contributed by atoms with Crippen LogP contribution in [0.3, 0.4) is 0 Å². The summed E-state index contributed by atoms with van der Waals surface area (Å²) >= 11 is 0. The number of fused-ring (bicyclic) bond motifs is 1. The van der Waals surface area contributed by atoms with Crippen LogP contribution in [0.1, 0.15) is 23.5 Å². The van der Waals surface area contributed by atoms with Gasteiger partial charge in [-0.15, -0.1) is 0 Å². The summed E-state index contributed by atoms with van der Waals surface area (Å²) in [6, 6.07) is 10.8. The molecular weight excluding hydrogens is 360 g/mol. The summed E-state index contributed by atoms with van der Waals surface area (Å²) in [7, 11) is 5.52. The fourth-order valence-electron chi connectivity index (χ4n) is 3.15. The molecule has 7 nitrogen and oxygen atoms in total. The van der Waals surface area contributed by atoms with E-state index in [1.54, 1.807) is 13.2 Å². The number of aromatic hydroxyl groups is 1. The van der Waals surface area contributed by atoms with Crippen molar-refractivity contribution >= 4 is 5.91 Å². The quantitative estimate of drug-likeness (QED) is 0.725. The Balaban J connectivity index is 1.87. The molecule has 28 heavy (non-hydrogen) atoms. The molecule has 2 N–H and O–H groups in total. The second kappa shape index (κ2) is 8.84. The average molecular weight is 386 g/mol. The van der Waals surface area contributed by atoms with Crippen LogP contribution in [-0.4, -0.2) is 57.0 Å². The van der Waals surface area contributed by atoms with Crippen molar-refractivity contribution in [1.82, 2.24) is 10.2 Å². The van der Waals surface area contributed by atoms with E-state index in [0.717, 1.165) is 17.9 Å². The smallest absolute Gasteiger partial charge is 0.231 e.